The van der Waals surface area contributed by atoms with Gasteiger partial charge in [-0.1, -0.05) is 12.1 Å². The second-order valence-corrected chi connectivity index (χ2v) is 5.81. The van der Waals surface area contributed by atoms with E-state index in [1.165, 1.54) is 18.3 Å². The minimum Gasteiger partial charge on any atom is -0.426 e. The van der Waals surface area contributed by atoms with E-state index in [1.54, 1.807) is 36.5 Å². The molecule has 1 aliphatic rings. The largest absolute Gasteiger partial charge is 0.426 e. The zero-order chi connectivity index (χ0) is 15.5. The molecule has 2 heterocycles. The van der Waals surface area contributed by atoms with Crippen molar-refractivity contribution in [3.8, 4) is 10.8 Å². The molecule has 0 amide bonds. The molecule has 22 heavy (non-hydrogen) atoms. The Morgan fingerprint density at radius 1 is 1.23 bits per heavy atom. The second kappa shape index (κ2) is 6.11. The Labute approximate surface area is 131 Å². The van der Waals surface area contributed by atoms with Crippen molar-refractivity contribution in [2.75, 3.05) is 6.54 Å². The van der Waals surface area contributed by atoms with Gasteiger partial charge < -0.3 is 9.47 Å². The molecule has 2 aromatic rings. The number of aliphatic imine (C=N–C) groups is 1. The van der Waals surface area contributed by atoms with Crippen molar-refractivity contribution in [3.63, 3.8) is 0 Å². The molecular weight excluding hydrogens is 302 g/mol. The van der Waals surface area contributed by atoms with E-state index in [9.17, 15) is 9.59 Å². The second-order valence-electron chi connectivity index (χ2n) is 4.71. The van der Waals surface area contributed by atoms with Gasteiger partial charge in [-0.05, 0) is 12.1 Å². The van der Waals surface area contributed by atoms with Crippen molar-refractivity contribution >= 4 is 29.5 Å². The van der Waals surface area contributed by atoms with Gasteiger partial charge in [0.25, 0.3) is 0 Å². The molecular formula is C16H13NO4S. The lowest BCUT2D eigenvalue weighted by Crippen LogP contribution is -2.12. The number of benzene rings is 1. The Bertz CT molecular complexity index is 763. The first-order valence-electron chi connectivity index (χ1n) is 6.75. The van der Waals surface area contributed by atoms with Crippen LogP contribution in [0.15, 0.2) is 35.3 Å². The van der Waals surface area contributed by atoms with Crippen LogP contribution in [-0.4, -0.2) is 24.7 Å². The SMILES string of the molecule is CC(=O)Oc1ccccc1C(=O)Oc1cc2c(s1)CCN=C2. The van der Waals surface area contributed by atoms with Gasteiger partial charge in [0.05, 0.1) is 0 Å². The Balaban J connectivity index is 1.81. The number of fused-ring (bicyclic) bond motifs is 1. The van der Waals surface area contributed by atoms with Gasteiger partial charge in [0.15, 0.2) is 5.06 Å². The maximum atomic E-state index is 12.3. The lowest BCUT2D eigenvalue weighted by molar-refractivity contribution is -0.131. The number of carbonyl (C=O) groups is 2. The topological polar surface area (TPSA) is 65.0 Å². The van der Waals surface area contributed by atoms with Crippen molar-refractivity contribution < 1.29 is 19.1 Å². The van der Waals surface area contributed by atoms with E-state index in [1.807, 2.05) is 0 Å². The molecule has 0 fully saturated rings. The zero-order valence-corrected chi connectivity index (χ0v) is 12.7. The molecule has 0 N–H and O–H groups in total. The molecule has 0 saturated carbocycles. The summed E-state index contributed by atoms with van der Waals surface area (Å²) in [5.41, 5.74) is 1.21. The third kappa shape index (κ3) is 3.07. The summed E-state index contributed by atoms with van der Waals surface area (Å²) in [4.78, 5) is 28.7. The zero-order valence-electron chi connectivity index (χ0n) is 11.9. The molecule has 1 aromatic carbocycles. The minimum atomic E-state index is -0.549. The van der Waals surface area contributed by atoms with Gasteiger partial charge in [-0.15, -0.1) is 11.3 Å². The molecule has 1 aliphatic heterocycles. The molecule has 0 radical (unpaired) electrons. The third-order valence-corrected chi connectivity index (χ3v) is 4.16. The molecule has 6 heteroatoms. The smallest absolute Gasteiger partial charge is 0.348 e. The van der Waals surface area contributed by atoms with Crippen LogP contribution in [0.1, 0.15) is 27.7 Å². The molecule has 1 aromatic heterocycles. The number of hydrogen-bond acceptors (Lipinski definition) is 6. The summed E-state index contributed by atoms with van der Waals surface area (Å²) in [7, 11) is 0. The molecule has 0 spiro atoms. The standard InChI is InChI=1S/C16H13NO4S/c1-10(18)20-13-5-3-2-4-12(13)16(19)21-15-8-11-9-17-7-6-14(11)22-15/h2-5,8-9H,6-7H2,1H3. The summed E-state index contributed by atoms with van der Waals surface area (Å²) >= 11 is 1.44. The van der Waals surface area contributed by atoms with E-state index >= 15 is 0 Å². The number of para-hydroxylation sites is 1. The molecule has 0 saturated heterocycles. The summed E-state index contributed by atoms with van der Waals surface area (Å²) in [6.07, 6.45) is 2.65. The van der Waals surface area contributed by atoms with Crippen LogP contribution in [0.25, 0.3) is 0 Å². The highest BCUT2D eigenvalue weighted by Gasteiger charge is 2.18. The normalized spacial score (nSPS) is 12.6. The molecule has 0 unspecified atom stereocenters. The first-order chi connectivity index (χ1) is 10.6. The average Bonchev–Trinajstić information content (AvgIpc) is 2.89. The fraction of sp³-hybridized carbons (Fsp3) is 0.188. The highest BCUT2D eigenvalue weighted by atomic mass is 32.1. The van der Waals surface area contributed by atoms with Gasteiger partial charge in [-0.2, -0.15) is 0 Å². The van der Waals surface area contributed by atoms with E-state index in [4.69, 9.17) is 9.47 Å². The van der Waals surface area contributed by atoms with Crippen LogP contribution < -0.4 is 9.47 Å². The van der Waals surface area contributed by atoms with Crippen LogP contribution in [0.2, 0.25) is 0 Å². The van der Waals surface area contributed by atoms with Crippen LogP contribution in [-0.2, 0) is 11.2 Å². The summed E-state index contributed by atoms with van der Waals surface area (Å²) in [5.74, 6) is -0.835. The van der Waals surface area contributed by atoms with Gasteiger partial charge in [0, 0.05) is 42.6 Å². The van der Waals surface area contributed by atoms with Gasteiger partial charge in [0.2, 0.25) is 0 Å². The minimum absolute atomic E-state index is 0.197. The Kier molecular flexibility index (Phi) is 4.02. The van der Waals surface area contributed by atoms with Crippen LogP contribution in [0.4, 0.5) is 0 Å². The maximum Gasteiger partial charge on any atom is 0.348 e. The molecule has 3 rings (SSSR count). The van der Waals surface area contributed by atoms with Crippen LogP contribution in [0.5, 0.6) is 10.8 Å². The Morgan fingerprint density at radius 3 is 2.82 bits per heavy atom. The molecule has 5 nitrogen and oxygen atoms in total. The summed E-state index contributed by atoms with van der Waals surface area (Å²) in [5, 5.41) is 0.515. The van der Waals surface area contributed by atoms with E-state index in [0.29, 0.717) is 5.06 Å². The van der Waals surface area contributed by atoms with Crippen LogP contribution >= 0.6 is 11.3 Å². The molecule has 112 valence electrons. The molecule has 0 atom stereocenters. The average molecular weight is 315 g/mol. The fourth-order valence-electron chi connectivity index (χ4n) is 2.13. The number of hydrogen-bond donors (Lipinski definition) is 0. The van der Waals surface area contributed by atoms with Crippen LogP contribution in [0.3, 0.4) is 0 Å². The highest BCUT2D eigenvalue weighted by molar-refractivity contribution is 7.14. The summed E-state index contributed by atoms with van der Waals surface area (Å²) in [6.45, 7) is 2.05. The molecule has 0 bridgehead atoms. The predicted octanol–water partition coefficient (Wildman–Crippen LogP) is 2.87. The summed E-state index contributed by atoms with van der Waals surface area (Å²) in [6, 6.07) is 8.31. The number of rotatable bonds is 3. The quantitative estimate of drug-likeness (QED) is 0.645. The Hall–Kier alpha value is -2.47. The van der Waals surface area contributed by atoms with Crippen molar-refractivity contribution in [2.24, 2.45) is 4.99 Å². The van der Waals surface area contributed by atoms with Crippen LogP contribution in [0, 0.1) is 0 Å². The lowest BCUT2D eigenvalue weighted by atomic mass is 10.2. The van der Waals surface area contributed by atoms with Gasteiger partial charge in [-0.25, -0.2) is 4.79 Å². The van der Waals surface area contributed by atoms with Gasteiger partial charge in [-0.3, -0.25) is 9.79 Å². The maximum absolute atomic E-state index is 12.3. The third-order valence-electron chi connectivity index (χ3n) is 3.07. The molecule has 0 aliphatic carbocycles. The van der Waals surface area contributed by atoms with Crippen molar-refractivity contribution in [2.45, 2.75) is 13.3 Å². The first kappa shape index (κ1) is 14.5. The van der Waals surface area contributed by atoms with E-state index in [-0.39, 0.29) is 11.3 Å². The number of nitrogens with zero attached hydrogens (tertiary/aromatic N) is 1. The fourth-order valence-corrected chi connectivity index (χ4v) is 3.10. The van der Waals surface area contributed by atoms with Crippen molar-refractivity contribution in [1.82, 2.24) is 0 Å². The number of thiophene rings is 1. The summed E-state index contributed by atoms with van der Waals surface area (Å²) < 4.78 is 10.4. The predicted molar refractivity (Wildman–Crippen MR) is 83.2 cm³/mol. The number of ether oxygens (including phenoxy) is 2. The van der Waals surface area contributed by atoms with E-state index in [0.717, 1.165) is 23.4 Å². The number of esters is 2. The van der Waals surface area contributed by atoms with Gasteiger partial charge in [0.1, 0.15) is 11.3 Å². The van der Waals surface area contributed by atoms with E-state index in [2.05, 4.69) is 4.99 Å². The van der Waals surface area contributed by atoms with E-state index < -0.39 is 11.9 Å². The first-order valence-corrected chi connectivity index (χ1v) is 7.57. The highest BCUT2D eigenvalue weighted by Crippen LogP contribution is 2.31. The van der Waals surface area contributed by atoms with Crippen molar-refractivity contribution in [3.05, 3.63) is 46.3 Å². The monoisotopic (exact) mass is 315 g/mol. The number of carbonyl (C=O) groups excluding carboxylic acids is 2. The van der Waals surface area contributed by atoms with Crippen molar-refractivity contribution in [1.29, 1.82) is 0 Å². The lowest BCUT2D eigenvalue weighted by Gasteiger charge is -2.07. The van der Waals surface area contributed by atoms with Gasteiger partial charge >= 0.3 is 11.9 Å². The Morgan fingerprint density at radius 2 is 2.05 bits per heavy atom.